The van der Waals surface area contributed by atoms with E-state index in [2.05, 4.69) is 52.3 Å². The average Bonchev–Trinajstić information content (AvgIpc) is 2.77. The van der Waals surface area contributed by atoms with Gasteiger partial charge in [0.25, 0.3) is 5.56 Å². The van der Waals surface area contributed by atoms with Crippen molar-refractivity contribution in [2.24, 2.45) is 7.05 Å². The minimum Gasteiger partial charge on any atom is -0.375 e. The van der Waals surface area contributed by atoms with Crippen LogP contribution in [-0.2, 0) is 7.05 Å². The van der Waals surface area contributed by atoms with Crippen molar-refractivity contribution in [3.05, 3.63) is 42.9 Å². The number of hydrogen-bond acceptors (Lipinski definition) is 4. The first kappa shape index (κ1) is 13.3. The molecule has 1 N–H and O–H groups in total. The molecular formula is C12H14BrN3OS. The summed E-state index contributed by atoms with van der Waals surface area (Å²) in [5.74, 6) is 0. The average molecular weight is 328 g/mol. The quantitative estimate of drug-likeness (QED) is 0.942. The predicted molar refractivity (Wildman–Crippen MR) is 78.3 cm³/mol. The maximum absolute atomic E-state index is 11.7. The molecule has 18 heavy (non-hydrogen) atoms. The lowest BCUT2D eigenvalue weighted by atomic mass is 10.2. The number of aryl methyl sites for hydroxylation is 2. The van der Waals surface area contributed by atoms with Gasteiger partial charge in [-0.1, -0.05) is 0 Å². The monoisotopic (exact) mass is 327 g/mol. The maximum atomic E-state index is 11.7. The summed E-state index contributed by atoms with van der Waals surface area (Å²) in [5, 5.41) is 7.30. The molecule has 0 fully saturated rings. The van der Waals surface area contributed by atoms with Crippen LogP contribution in [0.2, 0.25) is 0 Å². The summed E-state index contributed by atoms with van der Waals surface area (Å²) < 4.78 is 1.81. The maximum Gasteiger partial charge on any atom is 0.282 e. The van der Waals surface area contributed by atoms with Gasteiger partial charge in [-0.05, 0) is 41.9 Å². The molecule has 2 aromatic heterocycles. The van der Waals surface area contributed by atoms with Gasteiger partial charge in [0.1, 0.15) is 4.47 Å². The van der Waals surface area contributed by atoms with Crippen molar-refractivity contribution in [3.8, 4) is 0 Å². The van der Waals surface area contributed by atoms with Gasteiger partial charge in [-0.3, -0.25) is 4.79 Å². The Morgan fingerprint density at radius 1 is 1.50 bits per heavy atom. The highest BCUT2D eigenvalue weighted by Crippen LogP contribution is 2.27. The molecule has 6 heteroatoms. The number of thiophene rings is 1. The lowest BCUT2D eigenvalue weighted by Gasteiger charge is -2.14. The van der Waals surface area contributed by atoms with Crippen LogP contribution in [0.15, 0.2) is 27.6 Å². The zero-order valence-corrected chi connectivity index (χ0v) is 12.8. The first-order valence-electron chi connectivity index (χ1n) is 5.53. The predicted octanol–water partition coefficient (Wildman–Crippen LogP) is 3.09. The molecular weight excluding hydrogens is 314 g/mol. The van der Waals surface area contributed by atoms with E-state index in [0.29, 0.717) is 4.47 Å². The lowest BCUT2D eigenvalue weighted by Crippen LogP contribution is -2.21. The molecule has 0 amide bonds. The van der Waals surface area contributed by atoms with Crippen molar-refractivity contribution in [1.82, 2.24) is 9.78 Å². The Morgan fingerprint density at radius 3 is 2.83 bits per heavy atom. The molecule has 0 aliphatic rings. The van der Waals surface area contributed by atoms with Crippen molar-refractivity contribution in [1.29, 1.82) is 0 Å². The van der Waals surface area contributed by atoms with Crippen LogP contribution in [0.25, 0.3) is 0 Å². The van der Waals surface area contributed by atoms with Crippen LogP contribution >= 0.6 is 27.3 Å². The third-order valence-corrected chi connectivity index (χ3v) is 4.59. The summed E-state index contributed by atoms with van der Waals surface area (Å²) in [6.45, 7) is 4.14. The van der Waals surface area contributed by atoms with Crippen LogP contribution in [0.1, 0.15) is 22.7 Å². The number of rotatable bonds is 3. The smallest absolute Gasteiger partial charge is 0.282 e. The standard InChI is InChI=1S/C12H14BrN3OS/c1-7-4-5-10(18-7)8(2)15-9-6-14-16(3)12(17)11(9)13/h4-6,8,15H,1-3H3. The topological polar surface area (TPSA) is 46.9 Å². The number of hydrogen-bond donors (Lipinski definition) is 1. The molecule has 0 aliphatic carbocycles. The van der Waals surface area contributed by atoms with Crippen LogP contribution in [0.5, 0.6) is 0 Å². The summed E-state index contributed by atoms with van der Waals surface area (Å²) in [4.78, 5) is 14.2. The molecule has 0 aliphatic heterocycles. The van der Waals surface area contributed by atoms with Crippen molar-refractivity contribution < 1.29 is 0 Å². The molecule has 96 valence electrons. The van der Waals surface area contributed by atoms with Gasteiger partial charge in [-0.2, -0.15) is 5.10 Å². The van der Waals surface area contributed by atoms with Gasteiger partial charge in [-0.15, -0.1) is 11.3 Å². The third-order valence-electron chi connectivity index (χ3n) is 2.64. The zero-order chi connectivity index (χ0) is 13.3. The van der Waals surface area contributed by atoms with E-state index in [1.165, 1.54) is 14.4 Å². The van der Waals surface area contributed by atoms with Crippen LogP contribution in [-0.4, -0.2) is 9.78 Å². The Bertz CT molecular complexity index is 620. The molecule has 2 aromatic rings. The van der Waals surface area contributed by atoms with Gasteiger partial charge in [0.15, 0.2) is 0 Å². The second-order valence-corrected chi connectivity index (χ2v) is 6.23. The fourth-order valence-corrected chi connectivity index (χ4v) is 2.95. The lowest BCUT2D eigenvalue weighted by molar-refractivity contribution is 0.701. The van der Waals surface area contributed by atoms with E-state index in [0.717, 1.165) is 5.69 Å². The highest BCUT2D eigenvalue weighted by Gasteiger charge is 2.12. The van der Waals surface area contributed by atoms with E-state index in [4.69, 9.17) is 0 Å². The number of anilines is 1. The fourth-order valence-electron chi connectivity index (χ4n) is 1.60. The molecule has 1 unspecified atom stereocenters. The van der Waals surface area contributed by atoms with E-state index < -0.39 is 0 Å². The van der Waals surface area contributed by atoms with Gasteiger partial charge in [0.2, 0.25) is 0 Å². The Morgan fingerprint density at radius 2 is 2.22 bits per heavy atom. The molecule has 2 heterocycles. The van der Waals surface area contributed by atoms with E-state index in [1.807, 2.05) is 0 Å². The second-order valence-electron chi connectivity index (χ2n) is 4.12. The number of halogens is 1. The van der Waals surface area contributed by atoms with Crippen LogP contribution < -0.4 is 10.9 Å². The molecule has 2 rings (SSSR count). The normalized spacial score (nSPS) is 12.4. The first-order chi connectivity index (χ1) is 8.49. The van der Waals surface area contributed by atoms with E-state index in [9.17, 15) is 4.79 Å². The summed E-state index contributed by atoms with van der Waals surface area (Å²) in [6.07, 6.45) is 1.66. The van der Waals surface area contributed by atoms with Crippen LogP contribution in [0, 0.1) is 6.92 Å². The Balaban J connectivity index is 2.25. The molecule has 0 radical (unpaired) electrons. The molecule has 4 nitrogen and oxygen atoms in total. The fraction of sp³-hybridized carbons (Fsp3) is 0.333. The molecule has 0 saturated carbocycles. The third kappa shape index (κ3) is 2.64. The van der Waals surface area contributed by atoms with E-state index in [1.54, 1.807) is 24.6 Å². The highest BCUT2D eigenvalue weighted by atomic mass is 79.9. The van der Waals surface area contributed by atoms with E-state index in [-0.39, 0.29) is 11.6 Å². The minimum atomic E-state index is -0.144. The largest absolute Gasteiger partial charge is 0.375 e. The molecule has 0 aromatic carbocycles. The van der Waals surface area contributed by atoms with E-state index >= 15 is 0 Å². The Labute approximate surface area is 118 Å². The summed E-state index contributed by atoms with van der Waals surface area (Å²) in [7, 11) is 1.63. The van der Waals surface area contributed by atoms with Crippen molar-refractivity contribution in [2.75, 3.05) is 5.32 Å². The molecule has 0 saturated heterocycles. The Kier molecular flexibility index (Phi) is 3.87. The van der Waals surface area contributed by atoms with Gasteiger partial charge in [0.05, 0.1) is 17.9 Å². The Hall–Kier alpha value is -1.14. The van der Waals surface area contributed by atoms with Gasteiger partial charge >= 0.3 is 0 Å². The second kappa shape index (κ2) is 5.24. The number of nitrogens with zero attached hydrogens (tertiary/aromatic N) is 2. The van der Waals surface area contributed by atoms with Crippen molar-refractivity contribution in [3.63, 3.8) is 0 Å². The highest BCUT2D eigenvalue weighted by molar-refractivity contribution is 9.10. The van der Waals surface area contributed by atoms with Gasteiger partial charge in [0, 0.05) is 16.8 Å². The molecule has 0 bridgehead atoms. The van der Waals surface area contributed by atoms with Gasteiger partial charge in [-0.25, -0.2) is 4.68 Å². The SMILES string of the molecule is Cc1ccc(C(C)Nc2cnn(C)c(=O)c2Br)s1. The summed E-state index contributed by atoms with van der Waals surface area (Å²) >= 11 is 5.05. The van der Waals surface area contributed by atoms with Crippen molar-refractivity contribution >= 4 is 33.0 Å². The first-order valence-corrected chi connectivity index (χ1v) is 7.14. The number of nitrogens with one attached hydrogen (secondary N) is 1. The van der Waals surface area contributed by atoms with Crippen LogP contribution in [0.4, 0.5) is 5.69 Å². The molecule has 0 spiro atoms. The minimum absolute atomic E-state index is 0.144. The van der Waals surface area contributed by atoms with Crippen LogP contribution in [0.3, 0.4) is 0 Å². The summed E-state index contributed by atoms with van der Waals surface area (Å²) in [6, 6.07) is 4.34. The molecule has 1 atom stereocenters. The number of aromatic nitrogens is 2. The van der Waals surface area contributed by atoms with Crippen molar-refractivity contribution in [2.45, 2.75) is 19.9 Å². The van der Waals surface area contributed by atoms with Gasteiger partial charge < -0.3 is 5.32 Å². The zero-order valence-electron chi connectivity index (χ0n) is 10.4. The summed E-state index contributed by atoms with van der Waals surface area (Å²) in [5.41, 5.74) is 0.575.